The van der Waals surface area contributed by atoms with Crippen LogP contribution in [0.2, 0.25) is 5.15 Å². The summed E-state index contributed by atoms with van der Waals surface area (Å²) < 4.78 is 6.29. The van der Waals surface area contributed by atoms with Crippen molar-refractivity contribution in [3.63, 3.8) is 0 Å². The van der Waals surface area contributed by atoms with E-state index < -0.39 is 0 Å². The average Bonchev–Trinajstić information content (AvgIpc) is 2.08. The van der Waals surface area contributed by atoms with Crippen LogP contribution in [0.15, 0.2) is 16.7 Å². The molecule has 1 fully saturated rings. The van der Waals surface area contributed by atoms with Crippen molar-refractivity contribution in [3.8, 4) is 5.75 Å². The van der Waals surface area contributed by atoms with Gasteiger partial charge in [0.2, 0.25) is 0 Å². The van der Waals surface area contributed by atoms with E-state index in [1.807, 2.05) is 6.07 Å². The highest BCUT2D eigenvalue weighted by Gasteiger charge is 2.16. The van der Waals surface area contributed by atoms with Crippen LogP contribution in [0.3, 0.4) is 0 Å². The zero-order chi connectivity index (χ0) is 9.97. The summed E-state index contributed by atoms with van der Waals surface area (Å²) in [6.45, 7) is 1.78. The molecule has 2 heterocycles. The van der Waals surface area contributed by atoms with Gasteiger partial charge < -0.3 is 10.1 Å². The molecule has 6 heteroatoms. The molecule has 0 unspecified atom stereocenters. The Morgan fingerprint density at radius 2 is 2.40 bits per heavy atom. The molecule has 1 aromatic heterocycles. The molecule has 0 aliphatic carbocycles. The first-order chi connectivity index (χ1) is 6.75. The molecule has 0 spiro atoms. The minimum absolute atomic E-state index is 0. The Morgan fingerprint density at radius 3 is 2.93 bits per heavy atom. The molecular weight excluding hydrogens is 303 g/mol. The Morgan fingerprint density at radius 1 is 1.67 bits per heavy atom. The number of rotatable bonds is 3. The molecule has 1 aliphatic rings. The number of aromatic nitrogens is 1. The highest BCUT2D eigenvalue weighted by atomic mass is 79.9. The highest BCUT2D eigenvalue weighted by Crippen LogP contribution is 2.24. The lowest BCUT2D eigenvalue weighted by atomic mass is 10.1. The summed E-state index contributed by atoms with van der Waals surface area (Å²) >= 11 is 9.05. The number of nitrogens with zero attached hydrogens (tertiary/aromatic N) is 1. The molecule has 0 aromatic carbocycles. The van der Waals surface area contributed by atoms with Gasteiger partial charge in [-0.15, -0.1) is 12.4 Å². The lowest BCUT2D eigenvalue weighted by Crippen LogP contribution is -2.46. The largest absolute Gasteiger partial charge is 0.490 e. The minimum atomic E-state index is 0. The molecule has 1 N–H and O–H groups in total. The molecular formula is C9H11BrCl2N2O. The van der Waals surface area contributed by atoms with Gasteiger partial charge in [-0.1, -0.05) is 11.6 Å². The van der Waals surface area contributed by atoms with Gasteiger partial charge in [0.1, 0.15) is 17.5 Å². The van der Waals surface area contributed by atoms with Gasteiger partial charge in [-0.3, -0.25) is 0 Å². The molecule has 0 radical (unpaired) electrons. The fourth-order valence-corrected chi connectivity index (χ4v) is 1.60. The third-order valence-electron chi connectivity index (χ3n) is 2.15. The maximum absolute atomic E-state index is 5.76. The van der Waals surface area contributed by atoms with E-state index in [2.05, 4.69) is 26.2 Å². The summed E-state index contributed by atoms with van der Waals surface area (Å²) in [5.74, 6) is 0.745. The van der Waals surface area contributed by atoms with Crippen LogP contribution in [0.1, 0.15) is 6.42 Å². The summed E-state index contributed by atoms with van der Waals surface area (Å²) in [5.41, 5.74) is 0. The summed E-state index contributed by atoms with van der Waals surface area (Å²) in [4.78, 5) is 3.97. The molecule has 1 atom stereocenters. The third-order valence-corrected chi connectivity index (χ3v) is 3.28. The number of hydrogen-bond donors (Lipinski definition) is 1. The van der Waals surface area contributed by atoms with E-state index >= 15 is 0 Å². The van der Waals surface area contributed by atoms with E-state index in [9.17, 15) is 0 Å². The molecule has 3 nitrogen and oxygen atoms in total. The molecule has 84 valence electrons. The molecule has 0 bridgehead atoms. The normalized spacial score (nSPS) is 18.9. The van der Waals surface area contributed by atoms with Gasteiger partial charge in [0.15, 0.2) is 0 Å². The average molecular weight is 314 g/mol. The lowest BCUT2D eigenvalue weighted by Gasteiger charge is -2.27. The Balaban J connectivity index is 0.00000112. The SMILES string of the molecule is Cl.Clc1ncc(OC[C@H]2CCN2)cc1Br. The Bertz CT molecular complexity index is 334. The van der Waals surface area contributed by atoms with Gasteiger partial charge in [-0.05, 0) is 35.0 Å². The Hall–Kier alpha value is -0.0300. The number of pyridine rings is 1. The predicted octanol–water partition coefficient (Wildman–Crippen LogP) is 2.66. The fourth-order valence-electron chi connectivity index (χ4n) is 1.17. The summed E-state index contributed by atoms with van der Waals surface area (Å²) in [5, 5.41) is 3.72. The molecule has 15 heavy (non-hydrogen) atoms. The zero-order valence-electron chi connectivity index (χ0n) is 7.87. The second-order valence-corrected chi connectivity index (χ2v) is 4.41. The second-order valence-electron chi connectivity index (χ2n) is 3.19. The van der Waals surface area contributed by atoms with Crippen LogP contribution in [0.5, 0.6) is 5.75 Å². The number of hydrogen-bond acceptors (Lipinski definition) is 3. The van der Waals surface area contributed by atoms with Gasteiger partial charge in [0.25, 0.3) is 0 Å². The van der Waals surface area contributed by atoms with E-state index in [-0.39, 0.29) is 12.4 Å². The standard InChI is InChI=1S/C9H10BrClN2O.ClH/c10-8-3-7(4-13-9(8)11)14-5-6-1-2-12-6;/h3-4,6,12H,1-2,5H2;1H/t6-;/m1./s1. The van der Waals surface area contributed by atoms with E-state index in [1.165, 1.54) is 6.42 Å². The quantitative estimate of drug-likeness (QED) is 0.871. The number of ether oxygens (including phenoxy) is 1. The summed E-state index contributed by atoms with van der Waals surface area (Å²) in [6, 6.07) is 2.32. The Labute approximate surface area is 108 Å². The van der Waals surface area contributed by atoms with Crippen LogP contribution in [-0.2, 0) is 0 Å². The van der Waals surface area contributed by atoms with E-state index in [0.29, 0.717) is 17.8 Å². The number of nitrogens with one attached hydrogen (secondary N) is 1. The summed E-state index contributed by atoms with van der Waals surface area (Å²) in [7, 11) is 0. The van der Waals surface area contributed by atoms with E-state index in [1.54, 1.807) is 6.20 Å². The highest BCUT2D eigenvalue weighted by molar-refractivity contribution is 9.10. The van der Waals surface area contributed by atoms with Gasteiger partial charge in [-0.2, -0.15) is 0 Å². The first-order valence-electron chi connectivity index (χ1n) is 4.43. The maximum atomic E-state index is 5.76. The second kappa shape index (κ2) is 5.89. The zero-order valence-corrected chi connectivity index (χ0v) is 11.0. The van der Waals surface area contributed by atoms with Crippen LogP contribution in [0, 0.1) is 0 Å². The first kappa shape index (κ1) is 13.0. The van der Waals surface area contributed by atoms with Crippen molar-refractivity contribution in [1.29, 1.82) is 0 Å². The van der Waals surface area contributed by atoms with Crippen molar-refractivity contribution in [2.45, 2.75) is 12.5 Å². The van der Waals surface area contributed by atoms with E-state index in [4.69, 9.17) is 16.3 Å². The Kier molecular flexibility index (Phi) is 5.12. The molecule has 2 rings (SSSR count). The van der Waals surface area contributed by atoms with Crippen molar-refractivity contribution in [3.05, 3.63) is 21.9 Å². The van der Waals surface area contributed by atoms with Crippen LogP contribution in [0.25, 0.3) is 0 Å². The molecule has 0 saturated carbocycles. The monoisotopic (exact) mass is 312 g/mol. The van der Waals surface area contributed by atoms with Gasteiger partial charge >= 0.3 is 0 Å². The summed E-state index contributed by atoms with van der Waals surface area (Å²) in [6.07, 6.45) is 2.81. The molecule has 1 saturated heterocycles. The lowest BCUT2D eigenvalue weighted by molar-refractivity contribution is 0.217. The van der Waals surface area contributed by atoms with Gasteiger partial charge in [-0.25, -0.2) is 4.98 Å². The minimum Gasteiger partial charge on any atom is -0.490 e. The smallest absolute Gasteiger partial charge is 0.143 e. The molecule has 1 aliphatic heterocycles. The molecule has 0 amide bonds. The number of halogens is 3. The topological polar surface area (TPSA) is 34.1 Å². The van der Waals surface area contributed by atoms with Crippen molar-refractivity contribution in [2.75, 3.05) is 13.2 Å². The van der Waals surface area contributed by atoms with Crippen molar-refractivity contribution < 1.29 is 4.74 Å². The fraction of sp³-hybridized carbons (Fsp3) is 0.444. The third kappa shape index (κ3) is 3.48. The van der Waals surface area contributed by atoms with E-state index in [0.717, 1.165) is 16.8 Å². The van der Waals surface area contributed by atoms with Crippen molar-refractivity contribution >= 4 is 39.9 Å². The van der Waals surface area contributed by atoms with Crippen molar-refractivity contribution in [1.82, 2.24) is 10.3 Å². The predicted molar refractivity (Wildman–Crippen MR) is 66.1 cm³/mol. The van der Waals surface area contributed by atoms with Crippen LogP contribution in [-0.4, -0.2) is 24.2 Å². The van der Waals surface area contributed by atoms with Crippen molar-refractivity contribution in [2.24, 2.45) is 0 Å². The van der Waals surface area contributed by atoms with Crippen LogP contribution in [0.4, 0.5) is 0 Å². The maximum Gasteiger partial charge on any atom is 0.143 e. The molecule has 1 aromatic rings. The van der Waals surface area contributed by atoms with Crippen LogP contribution >= 0.6 is 39.9 Å². The first-order valence-corrected chi connectivity index (χ1v) is 5.60. The van der Waals surface area contributed by atoms with Crippen LogP contribution < -0.4 is 10.1 Å². The van der Waals surface area contributed by atoms with Gasteiger partial charge in [0, 0.05) is 6.04 Å². The van der Waals surface area contributed by atoms with Gasteiger partial charge in [0.05, 0.1) is 10.7 Å².